The molecule has 0 radical (unpaired) electrons. The van der Waals surface area contributed by atoms with Crippen LogP contribution >= 0.6 is 0 Å². The Labute approximate surface area is 222 Å². The highest BCUT2D eigenvalue weighted by molar-refractivity contribution is 5.82. The summed E-state index contributed by atoms with van der Waals surface area (Å²) >= 11 is 0. The third kappa shape index (κ3) is 5.33. The molecule has 6 heteroatoms. The summed E-state index contributed by atoms with van der Waals surface area (Å²) < 4.78 is 23.6. The van der Waals surface area contributed by atoms with E-state index in [1.807, 2.05) is 55.5 Å². The summed E-state index contributed by atoms with van der Waals surface area (Å²) in [5, 5.41) is 9.14. The fourth-order valence-corrected chi connectivity index (χ4v) is 4.50. The standard InChI is InChI=1S/C32H27NO5/c1-21-13-27(16-31(29(21)18-34)38-19-24-6-3-5-23(14-24)17-33)37-20-26-7-4-8-28(22(26)2)25-9-10-30-32(15-25)36-12-11-35-30/h3-10,13-16,18H,11-12,19-20H2,1-2H3. The van der Waals surface area contributed by atoms with Crippen molar-refractivity contribution >= 4 is 6.29 Å². The smallest absolute Gasteiger partial charge is 0.161 e. The third-order valence-electron chi connectivity index (χ3n) is 6.58. The molecular formula is C32H27NO5. The molecule has 190 valence electrons. The molecule has 1 aliphatic rings. The largest absolute Gasteiger partial charge is 0.489 e. The number of carbonyl (C=O) groups excluding carboxylic acids is 1. The average molecular weight is 506 g/mol. The molecule has 0 aliphatic carbocycles. The first kappa shape index (κ1) is 24.9. The second-order valence-electron chi connectivity index (χ2n) is 9.11. The molecule has 5 rings (SSSR count). The molecule has 0 saturated heterocycles. The van der Waals surface area contributed by atoms with Crippen LogP contribution in [0.3, 0.4) is 0 Å². The van der Waals surface area contributed by atoms with Gasteiger partial charge in [0, 0.05) is 6.07 Å². The van der Waals surface area contributed by atoms with Crippen molar-refractivity contribution in [1.29, 1.82) is 5.26 Å². The van der Waals surface area contributed by atoms with Gasteiger partial charge in [-0.05, 0) is 77.6 Å². The van der Waals surface area contributed by atoms with Crippen molar-refractivity contribution in [1.82, 2.24) is 0 Å². The summed E-state index contributed by atoms with van der Waals surface area (Å²) in [7, 11) is 0. The van der Waals surface area contributed by atoms with Gasteiger partial charge in [0.05, 0.1) is 17.2 Å². The van der Waals surface area contributed by atoms with Gasteiger partial charge >= 0.3 is 0 Å². The van der Waals surface area contributed by atoms with Crippen LogP contribution in [0.15, 0.2) is 72.8 Å². The molecule has 0 unspecified atom stereocenters. The van der Waals surface area contributed by atoms with Crippen LogP contribution in [0.2, 0.25) is 0 Å². The Morgan fingerprint density at radius 2 is 1.71 bits per heavy atom. The van der Waals surface area contributed by atoms with Gasteiger partial charge in [-0.15, -0.1) is 0 Å². The van der Waals surface area contributed by atoms with Crippen molar-refractivity contribution in [2.45, 2.75) is 27.1 Å². The van der Waals surface area contributed by atoms with Gasteiger partial charge in [-0.2, -0.15) is 5.26 Å². The van der Waals surface area contributed by atoms with E-state index in [9.17, 15) is 4.79 Å². The van der Waals surface area contributed by atoms with Crippen LogP contribution < -0.4 is 18.9 Å². The molecule has 1 heterocycles. The Bertz CT molecular complexity index is 1540. The molecule has 0 bridgehead atoms. The maximum absolute atomic E-state index is 11.8. The number of nitriles is 1. The number of hydrogen-bond acceptors (Lipinski definition) is 6. The minimum absolute atomic E-state index is 0.232. The minimum Gasteiger partial charge on any atom is -0.489 e. The maximum Gasteiger partial charge on any atom is 0.161 e. The van der Waals surface area contributed by atoms with E-state index in [-0.39, 0.29) is 6.61 Å². The zero-order valence-corrected chi connectivity index (χ0v) is 21.3. The van der Waals surface area contributed by atoms with Gasteiger partial charge in [0.25, 0.3) is 0 Å². The summed E-state index contributed by atoms with van der Waals surface area (Å²) in [5.41, 5.74) is 6.95. The summed E-state index contributed by atoms with van der Waals surface area (Å²) in [4.78, 5) is 11.8. The monoisotopic (exact) mass is 505 g/mol. The summed E-state index contributed by atoms with van der Waals surface area (Å²) in [5.74, 6) is 2.58. The Morgan fingerprint density at radius 1 is 0.895 bits per heavy atom. The minimum atomic E-state index is 0.232. The van der Waals surface area contributed by atoms with Gasteiger partial charge in [-0.25, -0.2) is 0 Å². The highest BCUT2D eigenvalue weighted by atomic mass is 16.6. The number of aldehydes is 1. The van der Waals surface area contributed by atoms with Crippen LogP contribution in [0, 0.1) is 25.2 Å². The lowest BCUT2D eigenvalue weighted by Gasteiger charge is -2.20. The van der Waals surface area contributed by atoms with E-state index in [4.69, 9.17) is 24.2 Å². The van der Waals surface area contributed by atoms with E-state index in [0.29, 0.717) is 42.4 Å². The maximum atomic E-state index is 11.8. The number of rotatable bonds is 8. The molecule has 0 atom stereocenters. The molecule has 6 nitrogen and oxygen atoms in total. The van der Waals surface area contributed by atoms with Crippen LogP contribution in [0.5, 0.6) is 23.0 Å². The molecular weight excluding hydrogens is 478 g/mol. The van der Waals surface area contributed by atoms with E-state index in [0.717, 1.165) is 51.2 Å². The van der Waals surface area contributed by atoms with E-state index in [1.165, 1.54) is 0 Å². The number of carbonyl (C=O) groups is 1. The van der Waals surface area contributed by atoms with E-state index >= 15 is 0 Å². The highest BCUT2D eigenvalue weighted by Crippen LogP contribution is 2.36. The number of hydrogen-bond donors (Lipinski definition) is 0. The molecule has 0 amide bonds. The molecule has 1 aliphatic heterocycles. The number of aryl methyl sites for hydroxylation is 1. The SMILES string of the molecule is Cc1cc(OCc2cccc(-c3ccc4c(c3)OCCO4)c2C)cc(OCc2cccc(C#N)c2)c1C=O. The lowest BCUT2D eigenvalue weighted by molar-refractivity contribution is 0.111. The van der Waals surface area contributed by atoms with Crippen molar-refractivity contribution in [2.24, 2.45) is 0 Å². The Kier molecular flexibility index (Phi) is 7.28. The highest BCUT2D eigenvalue weighted by Gasteiger charge is 2.15. The normalized spacial score (nSPS) is 11.9. The van der Waals surface area contributed by atoms with E-state index < -0.39 is 0 Å². The Hall–Kier alpha value is -4.76. The lowest BCUT2D eigenvalue weighted by Crippen LogP contribution is -2.15. The third-order valence-corrected chi connectivity index (χ3v) is 6.58. The average Bonchev–Trinajstić information content (AvgIpc) is 2.95. The van der Waals surface area contributed by atoms with Crippen LogP contribution in [0.1, 0.15) is 38.2 Å². The van der Waals surface area contributed by atoms with Gasteiger partial charge < -0.3 is 18.9 Å². The van der Waals surface area contributed by atoms with Crippen LogP contribution in [0.4, 0.5) is 0 Å². The quantitative estimate of drug-likeness (QED) is 0.252. The fraction of sp³-hybridized carbons (Fsp3) is 0.188. The number of nitrogens with zero attached hydrogens (tertiary/aromatic N) is 1. The lowest BCUT2D eigenvalue weighted by atomic mass is 9.96. The topological polar surface area (TPSA) is 77.8 Å². The summed E-state index contributed by atoms with van der Waals surface area (Å²) in [6.45, 7) is 5.63. The van der Waals surface area contributed by atoms with Crippen LogP contribution in [-0.2, 0) is 13.2 Å². The second-order valence-corrected chi connectivity index (χ2v) is 9.11. The molecule has 4 aromatic carbocycles. The molecule has 0 saturated carbocycles. The van der Waals surface area contributed by atoms with Crippen molar-refractivity contribution in [3.63, 3.8) is 0 Å². The second kappa shape index (κ2) is 11.1. The van der Waals surface area contributed by atoms with Gasteiger partial charge in [0.1, 0.15) is 37.9 Å². The van der Waals surface area contributed by atoms with Crippen molar-refractivity contribution < 1.29 is 23.7 Å². The van der Waals surface area contributed by atoms with Gasteiger partial charge in [-0.3, -0.25) is 4.79 Å². The number of fused-ring (bicyclic) bond motifs is 1. The number of ether oxygens (including phenoxy) is 4. The molecule has 0 aromatic heterocycles. The number of benzene rings is 4. The Morgan fingerprint density at radius 3 is 2.53 bits per heavy atom. The Balaban J connectivity index is 1.34. The van der Waals surface area contributed by atoms with Gasteiger partial charge in [0.2, 0.25) is 0 Å². The first-order valence-corrected chi connectivity index (χ1v) is 12.4. The van der Waals surface area contributed by atoms with Gasteiger partial charge in [0.15, 0.2) is 17.8 Å². The zero-order valence-electron chi connectivity index (χ0n) is 21.3. The molecule has 0 fully saturated rings. The predicted molar refractivity (Wildman–Crippen MR) is 144 cm³/mol. The first-order valence-electron chi connectivity index (χ1n) is 12.4. The van der Waals surface area contributed by atoms with Crippen molar-refractivity contribution in [3.05, 3.63) is 106 Å². The molecule has 0 spiro atoms. The molecule has 4 aromatic rings. The summed E-state index contributed by atoms with van der Waals surface area (Å²) in [6, 6.07) is 25.1. The zero-order chi connectivity index (χ0) is 26.5. The van der Waals surface area contributed by atoms with Crippen LogP contribution in [-0.4, -0.2) is 19.5 Å². The molecule has 0 N–H and O–H groups in total. The fourth-order valence-electron chi connectivity index (χ4n) is 4.50. The molecule has 38 heavy (non-hydrogen) atoms. The van der Waals surface area contributed by atoms with Crippen molar-refractivity contribution in [3.8, 4) is 40.2 Å². The van der Waals surface area contributed by atoms with E-state index in [2.05, 4.69) is 19.1 Å². The van der Waals surface area contributed by atoms with E-state index in [1.54, 1.807) is 18.2 Å². The summed E-state index contributed by atoms with van der Waals surface area (Å²) in [6.07, 6.45) is 0.793. The van der Waals surface area contributed by atoms with Crippen LogP contribution in [0.25, 0.3) is 11.1 Å². The predicted octanol–water partition coefficient (Wildman–Crippen LogP) is 6.58. The first-order chi connectivity index (χ1) is 18.6. The van der Waals surface area contributed by atoms with Crippen molar-refractivity contribution in [2.75, 3.05) is 13.2 Å². The van der Waals surface area contributed by atoms with Gasteiger partial charge in [-0.1, -0.05) is 36.4 Å².